The Morgan fingerprint density at radius 2 is 1.85 bits per heavy atom. The number of benzene rings is 2. The third-order valence-electron chi connectivity index (χ3n) is 7.51. The van der Waals surface area contributed by atoms with Gasteiger partial charge in [-0.15, -0.1) is 0 Å². The van der Waals surface area contributed by atoms with Gasteiger partial charge in [-0.1, -0.05) is 18.2 Å². The Balaban J connectivity index is 1.23. The summed E-state index contributed by atoms with van der Waals surface area (Å²) in [6.45, 7) is 5.57. The molecule has 0 unspecified atom stereocenters. The molecule has 2 aromatic carbocycles. The van der Waals surface area contributed by atoms with Crippen molar-refractivity contribution in [3.8, 4) is 28.6 Å². The predicted octanol–water partition coefficient (Wildman–Crippen LogP) is 5.30. The Labute approximate surface area is 275 Å². The highest BCUT2D eigenvalue weighted by Gasteiger charge is 2.25. The molecule has 7 rings (SSSR count). The highest BCUT2D eigenvalue weighted by atomic mass is 16.6. The first kappa shape index (κ1) is 30.3. The van der Waals surface area contributed by atoms with Crippen LogP contribution in [0.1, 0.15) is 42.3 Å². The van der Waals surface area contributed by atoms with Crippen molar-refractivity contribution >= 4 is 34.7 Å². The fourth-order valence-electron chi connectivity index (χ4n) is 5.38. The number of nitrogens with two attached hydrogens (primary N) is 1. The minimum atomic E-state index is -0.639. The van der Waals surface area contributed by atoms with Gasteiger partial charge in [-0.2, -0.15) is 5.10 Å². The maximum Gasteiger partial charge on any atom is 0.407 e. The summed E-state index contributed by atoms with van der Waals surface area (Å²) in [7, 11) is 0. The van der Waals surface area contributed by atoms with Crippen LogP contribution >= 0.6 is 0 Å². The molecule has 0 radical (unpaired) electrons. The minimum Gasteiger partial charge on any atom is -0.486 e. The number of pyridine rings is 2. The van der Waals surface area contributed by atoms with E-state index < -0.39 is 17.6 Å². The number of nitrogens with zero attached hydrogens (tertiary/aromatic N) is 7. The van der Waals surface area contributed by atoms with Gasteiger partial charge in [0.1, 0.15) is 29.3 Å². The van der Waals surface area contributed by atoms with E-state index in [1.54, 1.807) is 68.2 Å². The van der Waals surface area contributed by atoms with Crippen molar-refractivity contribution in [1.82, 2.24) is 34.6 Å². The minimum absolute atomic E-state index is 0.108. The van der Waals surface area contributed by atoms with E-state index in [0.717, 1.165) is 0 Å². The van der Waals surface area contributed by atoms with Gasteiger partial charge in [0.05, 0.1) is 17.0 Å². The van der Waals surface area contributed by atoms with Gasteiger partial charge in [0.15, 0.2) is 17.3 Å². The second kappa shape index (κ2) is 12.1. The van der Waals surface area contributed by atoms with Gasteiger partial charge in [0.25, 0.3) is 5.91 Å². The maximum atomic E-state index is 13.4. The van der Waals surface area contributed by atoms with Crippen LogP contribution in [0.25, 0.3) is 34.1 Å². The van der Waals surface area contributed by atoms with Crippen molar-refractivity contribution in [1.29, 1.82) is 0 Å². The first-order valence-electron chi connectivity index (χ1n) is 15.2. The number of amides is 2. The number of carbonyl (C=O) groups excluding carboxylic acids is 2. The number of imidazole rings is 1. The first-order chi connectivity index (χ1) is 23.1. The van der Waals surface area contributed by atoms with Crippen LogP contribution in [0.2, 0.25) is 0 Å². The second-order valence-corrected chi connectivity index (χ2v) is 12.0. The van der Waals surface area contributed by atoms with Crippen molar-refractivity contribution in [3.05, 3.63) is 108 Å². The lowest BCUT2D eigenvalue weighted by atomic mass is 10.1. The number of ether oxygens (including phenoxy) is 2. The van der Waals surface area contributed by atoms with E-state index in [1.165, 1.54) is 0 Å². The van der Waals surface area contributed by atoms with Crippen molar-refractivity contribution in [2.75, 3.05) is 12.3 Å². The molecule has 240 valence electrons. The number of aliphatic imine (C=N–C) groups is 1. The molecule has 1 aliphatic heterocycles. The van der Waals surface area contributed by atoms with E-state index in [2.05, 4.69) is 20.4 Å². The van der Waals surface area contributed by atoms with Crippen LogP contribution in [0.15, 0.2) is 96.4 Å². The molecule has 13 nitrogen and oxygen atoms in total. The van der Waals surface area contributed by atoms with Gasteiger partial charge in [-0.05, 0) is 74.9 Å². The molecule has 6 aromatic rings. The third-order valence-corrected chi connectivity index (χ3v) is 7.51. The standard InChI is InChI=1S/C35H31N9O4/c1-35(2,3)48-34(46)38-19-21-8-4-5-9-23(21)33(45)41-27-20-47-28-18-22(11-12-24(27)28)44-31(25-10-6-15-37-30(25)36)40-26-13-14-29(42-32(26)44)43-17-7-16-39-43/h4-18H,19-20H2,1-3H3,(H2,36,37)(H,38,46). The van der Waals surface area contributed by atoms with Crippen LogP contribution in [0, 0.1) is 0 Å². The van der Waals surface area contributed by atoms with E-state index in [0.29, 0.717) is 68.0 Å². The summed E-state index contributed by atoms with van der Waals surface area (Å²) >= 11 is 0. The number of hydrogen-bond donors (Lipinski definition) is 2. The smallest absolute Gasteiger partial charge is 0.407 e. The Morgan fingerprint density at radius 1 is 1.00 bits per heavy atom. The molecule has 5 heterocycles. The molecule has 0 bridgehead atoms. The molecule has 0 spiro atoms. The molecule has 13 heteroatoms. The Bertz CT molecular complexity index is 2220. The van der Waals surface area contributed by atoms with E-state index in [9.17, 15) is 9.59 Å². The number of hydrogen-bond acceptors (Lipinski definition) is 9. The lowest BCUT2D eigenvalue weighted by Gasteiger charge is -2.19. The highest BCUT2D eigenvalue weighted by molar-refractivity contribution is 6.14. The first-order valence-corrected chi connectivity index (χ1v) is 15.2. The van der Waals surface area contributed by atoms with E-state index in [4.69, 9.17) is 25.2 Å². The Kier molecular flexibility index (Phi) is 7.63. The fourth-order valence-corrected chi connectivity index (χ4v) is 5.38. The zero-order chi connectivity index (χ0) is 33.4. The number of rotatable bonds is 6. The molecular formula is C35H31N9O4. The van der Waals surface area contributed by atoms with E-state index in [1.807, 2.05) is 53.2 Å². The molecule has 4 aromatic heterocycles. The molecule has 48 heavy (non-hydrogen) atoms. The zero-order valence-electron chi connectivity index (χ0n) is 26.4. The van der Waals surface area contributed by atoms with Crippen LogP contribution < -0.4 is 15.8 Å². The van der Waals surface area contributed by atoms with E-state index in [-0.39, 0.29) is 13.2 Å². The summed E-state index contributed by atoms with van der Waals surface area (Å²) in [5.41, 5.74) is 10.4. The lowest BCUT2D eigenvalue weighted by molar-refractivity contribution is 0.0523. The normalized spacial score (nSPS) is 13.4. The second-order valence-electron chi connectivity index (χ2n) is 12.0. The van der Waals surface area contributed by atoms with E-state index >= 15 is 0 Å². The summed E-state index contributed by atoms with van der Waals surface area (Å²) in [6.07, 6.45) is 4.56. The van der Waals surface area contributed by atoms with Gasteiger partial charge in [-0.3, -0.25) is 9.36 Å². The SMILES string of the molecule is CC(C)(C)OC(=O)NCc1ccccc1C(=O)N=C1COc2cc(-n3c(-c4cccnc4N)nc4ccc(-n5cccn5)nc43)ccc21. The van der Waals surface area contributed by atoms with Crippen molar-refractivity contribution in [2.45, 2.75) is 32.9 Å². The summed E-state index contributed by atoms with van der Waals surface area (Å²) in [5.74, 6) is 1.60. The molecule has 3 N–H and O–H groups in total. The van der Waals surface area contributed by atoms with Crippen LogP contribution in [0.3, 0.4) is 0 Å². The van der Waals surface area contributed by atoms with Gasteiger partial charge >= 0.3 is 6.09 Å². The molecule has 0 saturated carbocycles. The molecule has 0 aliphatic carbocycles. The highest BCUT2D eigenvalue weighted by Crippen LogP contribution is 2.34. The largest absolute Gasteiger partial charge is 0.486 e. The van der Waals surface area contributed by atoms with Gasteiger partial charge < -0.3 is 20.5 Å². The number of alkyl carbamates (subject to hydrolysis) is 1. The molecule has 0 saturated heterocycles. The summed E-state index contributed by atoms with van der Waals surface area (Å²) in [6, 6.07) is 21.8. The van der Waals surface area contributed by atoms with Gasteiger partial charge in [0, 0.05) is 42.3 Å². The average Bonchev–Trinajstić information content (AvgIpc) is 3.82. The van der Waals surface area contributed by atoms with Crippen molar-refractivity contribution in [3.63, 3.8) is 0 Å². The number of nitrogen functional groups attached to an aromatic ring is 1. The molecule has 0 atom stereocenters. The van der Waals surface area contributed by atoms with Gasteiger partial charge in [0.2, 0.25) is 0 Å². The van der Waals surface area contributed by atoms with Crippen molar-refractivity contribution in [2.24, 2.45) is 4.99 Å². The molecule has 2 amide bonds. The fraction of sp³-hybridized carbons (Fsp3) is 0.171. The van der Waals surface area contributed by atoms with Crippen LogP contribution in [-0.4, -0.2) is 59.2 Å². The average molecular weight is 642 g/mol. The zero-order valence-corrected chi connectivity index (χ0v) is 26.4. The van der Waals surface area contributed by atoms with Gasteiger partial charge in [-0.25, -0.2) is 29.4 Å². The summed E-state index contributed by atoms with van der Waals surface area (Å²) < 4.78 is 14.9. The molecule has 0 fully saturated rings. The number of nitrogens with one attached hydrogen (secondary N) is 1. The Hall–Kier alpha value is -6.37. The predicted molar refractivity (Wildman–Crippen MR) is 180 cm³/mol. The number of carbonyl (C=O) groups is 2. The number of anilines is 1. The number of fused-ring (bicyclic) bond motifs is 2. The summed E-state index contributed by atoms with van der Waals surface area (Å²) in [4.78, 5) is 44.1. The quantitative estimate of drug-likeness (QED) is 0.246. The van der Waals surface area contributed by atoms with Crippen LogP contribution in [-0.2, 0) is 11.3 Å². The number of aromatic nitrogens is 6. The third kappa shape index (κ3) is 5.96. The Morgan fingerprint density at radius 3 is 2.65 bits per heavy atom. The lowest BCUT2D eigenvalue weighted by Crippen LogP contribution is -2.32. The summed E-state index contributed by atoms with van der Waals surface area (Å²) in [5, 5.41) is 7.03. The molecular weight excluding hydrogens is 610 g/mol. The van der Waals surface area contributed by atoms with Crippen LogP contribution in [0.5, 0.6) is 5.75 Å². The van der Waals surface area contributed by atoms with Crippen molar-refractivity contribution < 1.29 is 19.1 Å². The molecule has 1 aliphatic rings. The topological polar surface area (TPSA) is 164 Å². The maximum absolute atomic E-state index is 13.4. The van der Waals surface area contributed by atoms with Crippen LogP contribution in [0.4, 0.5) is 10.6 Å². The monoisotopic (exact) mass is 641 g/mol.